The van der Waals surface area contributed by atoms with Crippen LogP contribution in [0.4, 0.5) is 0 Å². The number of aromatic nitrogens is 1. The van der Waals surface area contributed by atoms with E-state index in [1.165, 1.54) is 0 Å². The first-order valence-electron chi connectivity index (χ1n) is 6.65. The van der Waals surface area contributed by atoms with Crippen molar-refractivity contribution in [3.05, 3.63) is 59.9 Å². The fourth-order valence-corrected chi connectivity index (χ4v) is 1.90. The van der Waals surface area contributed by atoms with Crippen molar-refractivity contribution in [2.75, 3.05) is 13.2 Å². The lowest BCUT2D eigenvalue weighted by Crippen LogP contribution is -2.17. The first-order valence-corrected chi connectivity index (χ1v) is 6.65. The minimum atomic E-state index is 0.297. The van der Waals surface area contributed by atoms with Gasteiger partial charge >= 0.3 is 0 Å². The second-order valence-electron chi connectivity index (χ2n) is 4.35. The molecule has 0 aliphatic heterocycles. The van der Waals surface area contributed by atoms with Gasteiger partial charge in [-0.25, -0.2) is 0 Å². The Morgan fingerprint density at radius 2 is 2.00 bits per heavy atom. The van der Waals surface area contributed by atoms with E-state index in [2.05, 4.69) is 16.2 Å². The average Bonchev–Trinajstić information content (AvgIpc) is 2.51. The van der Waals surface area contributed by atoms with Crippen molar-refractivity contribution in [1.82, 2.24) is 10.3 Å². The zero-order valence-corrected chi connectivity index (χ0v) is 11.4. The van der Waals surface area contributed by atoms with Crippen LogP contribution >= 0.6 is 0 Å². The Bertz CT molecular complexity index is 561. The standard InChI is InChI=1S/C17H18N2O/c1-2-13-20-17-9-4-3-7-15(17)14-18-12-10-16-8-5-6-11-19-16/h1,3-9,11,18H,10,12-14H2. The van der Waals surface area contributed by atoms with Crippen LogP contribution in [0, 0.1) is 12.3 Å². The van der Waals surface area contributed by atoms with Crippen LogP contribution < -0.4 is 10.1 Å². The number of para-hydroxylation sites is 1. The number of nitrogens with one attached hydrogen (secondary N) is 1. The highest BCUT2D eigenvalue weighted by Crippen LogP contribution is 2.17. The maximum absolute atomic E-state index is 5.51. The summed E-state index contributed by atoms with van der Waals surface area (Å²) in [6.07, 6.45) is 7.94. The Morgan fingerprint density at radius 3 is 2.80 bits per heavy atom. The summed E-state index contributed by atoms with van der Waals surface area (Å²) in [6, 6.07) is 13.9. The van der Waals surface area contributed by atoms with E-state index in [-0.39, 0.29) is 0 Å². The third-order valence-electron chi connectivity index (χ3n) is 2.88. The molecule has 0 unspecified atom stereocenters. The lowest BCUT2D eigenvalue weighted by Gasteiger charge is -2.10. The Kier molecular flexibility index (Phi) is 5.63. The molecule has 3 heteroatoms. The number of ether oxygens (including phenoxy) is 1. The predicted octanol–water partition coefficient (Wildman–Crippen LogP) is 2.43. The number of hydrogen-bond donors (Lipinski definition) is 1. The van der Waals surface area contributed by atoms with Gasteiger partial charge in [0, 0.05) is 37.0 Å². The van der Waals surface area contributed by atoms with Gasteiger partial charge in [0.05, 0.1) is 0 Å². The molecule has 0 saturated heterocycles. The van der Waals surface area contributed by atoms with Crippen molar-refractivity contribution in [1.29, 1.82) is 0 Å². The molecule has 0 bridgehead atoms. The minimum Gasteiger partial charge on any atom is -0.481 e. The Balaban J connectivity index is 1.80. The van der Waals surface area contributed by atoms with Crippen molar-refractivity contribution < 1.29 is 4.74 Å². The van der Waals surface area contributed by atoms with Gasteiger partial charge in [-0.3, -0.25) is 4.98 Å². The van der Waals surface area contributed by atoms with Gasteiger partial charge in [0.1, 0.15) is 12.4 Å². The molecule has 0 fully saturated rings. The first-order chi connectivity index (χ1) is 9.90. The van der Waals surface area contributed by atoms with Gasteiger partial charge in [0.25, 0.3) is 0 Å². The summed E-state index contributed by atoms with van der Waals surface area (Å²) in [7, 11) is 0. The van der Waals surface area contributed by atoms with Crippen LogP contribution in [0.3, 0.4) is 0 Å². The summed E-state index contributed by atoms with van der Waals surface area (Å²) >= 11 is 0. The Hall–Kier alpha value is -2.31. The molecule has 2 rings (SSSR count). The second kappa shape index (κ2) is 7.98. The number of nitrogens with zero attached hydrogens (tertiary/aromatic N) is 1. The molecule has 0 aliphatic rings. The van der Waals surface area contributed by atoms with Crippen molar-refractivity contribution >= 4 is 0 Å². The normalized spacial score (nSPS) is 9.95. The smallest absolute Gasteiger partial charge is 0.148 e. The van der Waals surface area contributed by atoms with Crippen molar-refractivity contribution in [3.63, 3.8) is 0 Å². The van der Waals surface area contributed by atoms with Crippen LogP contribution in [0.25, 0.3) is 0 Å². The van der Waals surface area contributed by atoms with Gasteiger partial charge in [-0.05, 0) is 18.2 Å². The molecule has 2 aromatic rings. The molecular weight excluding hydrogens is 248 g/mol. The molecule has 1 aromatic carbocycles. The number of pyridine rings is 1. The number of hydrogen-bond acceptors (Lipinski definition) is 3. The molecular formula is C17H18N2O. The zero-order chi connectivity index (χ0) is 14.0. The van der Waals surface area contributed by atoms with E-state index >= 15 is 0 Å². The monoisotopic (exact) mass is 266 g/mol. The molecule has 0 saturated carbocycles. The fourth-order valence-electron chi connectivity index (χ4n) is 1.90. The van der Waals surface area contributed by atoms with Crippen LogP contribution in [0.1, 0.15) is 11.3 Å². The molecule has 0 spiro atoms. The zero-order valence-electron chi connectivity index (χ0n) is 11.4. The summed E-state index contributed by atoms with van der Waals surface area (Å²) in [5.41, 5.74) is 2.21. The van der Waals surface area contributed by atoms with Gasteiger partial charge in [-0.1, -0.05) is 30.2 Å². The van der Waals surface area contributed by atoms with E-state index < -0.39 is 0 Å². The summed E-state index contributed by atoms with van der Waals surface area (Å²) in [5.74, 6) is 3.32. The summed E-state index contributed by atoms with van der Waals surface area (Å²) in [6.45, 7) is 1.93. The lowest BCUT2D eigenvalue weighted by molar-refractivity contribution is 0.365. The third-order valence-corrected chi connectivity index (χ3v) is 2.88. The lowest BCUT2D eigenvalue weighted by atomic mass is 10.2. The highest BCUT2D eigenvalue weighted by molar-refractivity contribution is 5.33. The van der Waals surface area contributed by atoms with Gasteiger partial charge in [-0.2, -0.15) is 0 Å². The van der Waals surface area contributed by atoms with Crippen LogP contribution in [-0.2, 0) is 13.0 Å². The molecule has 0 amide bonds. The quantitative estimate of drug-likeness (QED) is 0.617. The Labute approximate surface area is 120 Å². The van der Waals surface area contributed by atoms with Crippen LogP contribution in [0.5, 0.6) is 5.75 Å². The van der Waals surface area contributed by atoms with Crippen LogP contribution in [-0.4, -0.2) is 18.1 Å². The minimum absolute atomic E-state index is 0.297. The average molecular weight is 266 g/mol. The number of benzene rings is 1. The van der Waals surface area contributed by atoms with Gasteiger partial charge in [0.15, 0.2) is 0 Å². The fraction of sp³-hybridized carbons (Fsp3) is 0.235. The molecule has 0 radical (unpaired) electrons. The largest absolute Gasteiger partial charge is 0.481 e. The third kappa shape index (κ3) is 4.42. The molecule has 1 heterocycles. The number of rotatable bonds is 7. The van der Waals surface area contributed by atoms with E-state index in [4.69, 9.17) is 11.2 Å². The molecule has 3 nitrogen and oxygen atoms in total. The van der Waals surface area contributed by atoms with E-state index in [0.717, 1.165) is 36.5 Å². The molecule has 102 valence electrons. The molecule has 1 aromatic heterocycles. The molecule has 0 atom stereocenters. The summed E-state index contributed by atoms with van der Waals surface area (Å²) in [4.78, 5) is 4.29. The van der Waals surface area contributed by atoms with Gasteiger partial charge in [-0.15, -0.1) is 6.42 Å². The SMILES string of the molecule is C#CCOc1ccccc1CNCCc1ccccn1. The Morgan fingerprint density at radius 1 is 1.15 bits per heavy atom. The first kappa shape index (κ1) is 14.1. The highest BCUT2D eigenvalue weighted by atomic mass is 16.5. The van der Waals surface area contributed by atoms with E-state index in [1.807, 2.05) is 48.7 Å². The maximum Gasteiger partial charge on any atom is 0.148 e. The number of terminal acetylenes is 1. The van der Waals surface area contributed by atoms with Crippen molar-refractivity contribution in [2.24, 2.45) is 0 Å². The highest BCUT2D eigenvalue weighted by Gasteiger charge is 2.02. The van der Waals surface area contributed by atoms with Crippen molar-refractivity contribution in [2.45, 2.75) is 13.0 Å². The van der Waals surface area contributed by atoms with Gasteiger partial charge in [0.2, 0.25) is 0 Å². The molecule has 1 N–H and O–H groups in total. The van der Waals surface area contributed by atoms with E-state index in [1.54, 1.807) is 0 Å². The molecule has 20 heavy (non-hydrogen) atoms. The van der Waals surface area contributed by atoms with Crippen molar-refractivity contribution in [3.8, 4) is 18.1 Å². The predicted molar refractivity (Wildman–Crippen MR) is 80.4 cm³/mol. The summed E-state index contributed by atoms with van der Waals surface area (Å²) in [5, 5.41) is 3.40. The van der Waals surface area contributed by atoms with Gasteiger partial charge < -0.3 is 10.1 Å². The van der Waals surface area contributed by atoms with Crippen LogP contribution in [0.15, 0.2) is 48.7 Å². The molecule has 0 aliphatic carbocycles. The summed E-state index contributed by atoms with van der Waals surface area (Å²) < 4.78 is 5.51. The van der Waals surface area contributed by atoms with E-state index in [9.17, 15) is 0 Å². The van der Waals surface area contributed by atoms with Crippen LogP contribution in [0.2, 0.25) is 0 Å². The second-order valence-corrected chi connectivity index (χ2v) is 4.35. The maximum atomic E-state index is 5.51. The topological polar surface area (TPSA) is 34.1 Å². The van der Waals surface area contributed by atoms with E-state index in [0.29, 0.717) is 6.61 Å².